The summed E-state index contributed by atoms with van der Waals surface area (Å²) in [4.78, 5) is 10.4. The third-order valence-corrected chi connectivity index (χ3v) is 2.76. The Labute approximate surface area is 74.9 Å². The Bertz CT molecular complexity index is 187. The molecule has 0 aliphatic heterocycles. The van der Waals surface area contributed by atoms with E-state index >= 15 is 0 Å². The third kappa shape index (κ3) is 2.20. The second kappa shape index (κ2) is 4.44. The summed E-state index contributed by atoms with van der Waals surface area (Å²) < 4.78 is 0. The second-order valence-electron chi connectivity index (χ2n) is 3.87. The lowest BCUT2D eigenvalue weighted by molar-refractivity contribution is -0.108. The molecule has 0 aromatic rings. The number of allylic oxidation sites excluding steroid dienone is 2. The van der Waals surface area contributed by atoms with Crippen LogP contribution in [0.5, 0.6) is 0 Å². The first-order valence-electron chi connectivity index (χ1n) is 4.85. The molecule has 0 N–H and O–H groups in total. The van der Waals surface area contributed by atoms with Crippen LogP contribution in [0.1, 0.15) is 46.0 Å². The number of aldehydes is 1. The van der Waals surface area contributed by atoms with Crippen LogP contribution in [0.25, 0.3) is 0 Å². The summed E-state index contributed by atoms with van der Waals surface area (Å²) in [7, 11) is 0. The standard InChI is InChI=1S/C11H18O/c1-9(2)11-6-4-3-5-10(11)7-8-12/h8,10H,3-7H2,1-2H3. The maximum absolute atomic E-state index is 10.4. The van der Waals surface area contributed by atoms with Gasteiger partial charge in [-0.3, -0.25) is 0 Å². The largest absolute Gasteiger partial charge is 0.303 e. The molecule has 1 saturated carbocycles. The quantitative estimate of drug-likeness (QED) is 0.455. The maximum atomic E-state index is 10.4. The highest BCUT2D eigenvalue weighted by atomic mass is 16.1. The van der Waals surface area contributed by atoms with Crippen LogP contribution in [0.3, 0.4) is 0 Å². The minimum atomic E-state index is 0.571. The molecular formula is C11H18O. The highest BCUT2D eigenvalue weighted by molar-refractivity contribution is 5.51. The van der Waals surface area contributed by atoms with Crippen molar-refractivity contribution in [2.75, 3.05) is 0 Å². The number of rotatable bonds is 2. The Kier molecular flexibility index (Phi) is 3.51. The SMILES string of the molecule is CC(C)=C1CCCCC1CC=O. The van der Waals surface area contributed by atoms with Crippen molar-refractivity contribution in [2.45, 2.75) is 46.0 Å². The summed E-state index contributed by atoms with van der Waals surface area (Å²) in [6, 6.07) is 0. The zero-order chi connectivity index (χ0) is 8.97. The average Bonchev–Trinajstić information content (AvgIpc) is 2.05. The van der Waals surface area contributed by atoms with Crippen LogP contribution in [0.2, 0.25) is 0 Å². The molecule has 0 amide bonds. The molecule has 1 aliphatic carbocycles. The van der Waals surface area contributed by atoms with Gasteiger partial charge in [-0.05, 0) is 39.0 Å². The molecule has 68 valence electrons. The summed E-state index contributed by atoms with van der Waals surface area (Å²) in [6.07, 6.45) is 6.87. The lowest BCUT2D eigenvalue weighted by Crippen LogP contribution is -2.11. The molecule has 1 atom stereocenters. The first-order valence-corrected chi connectivity index (χ1v) is 4.85. The van der Waals surface area contributed by atoms with E-state index in [4.69, 9.17) is 0 Å². The molecule has 1 heteroatoms. The van der Waals surface area contributed by atoms with Crippen molar-refractivity contribution in [1.29, 1.82) is 0 Å². The Morgan fingerprint density at radius 2 is 2.25 bits per heavy atom. The van der Waals surface area contributed by atoms with E-state index in [0.717, 1.165) is 12.7 Å². The Balaban J connectivity index is 2.67. The summed E-state index contributed by atoms with van der Waals surface area (Å²) in [5, 5.41) is 0. The zero-order valence-electron chi connectivity index (χ0n) is 8.10. The van der Waals surface area contributed by atoms with E-state index in [1.807, 2.05) is 0 Å². The van der Waals surface area contributed by atoms with E-state index in [9.17, 15) is 4.79 Å². The van der Waals surface area contributed by atoms with Crippen molar-refractivity contribution in [2.24, 2.45) is 5.92 Å². The summed E-state index contributed by atoms with van der Waals surface area (Å²) in [6.45, 7) is 4.33. The lowest BCUT2D eigenvalue weighted by Gasteiger charge is -2.25. The minimum absolute atomic E-state index is 0.571. The number of carbonyl (C=O) groups excluding carboxylic acids is 1. The Morgan fingerprint density at radius 1 is 1.50 bits per heavy atom. The molecule has 0 spiro atoms. The monoisotopic (exact) mass is 166 g/mol. The molecule has 0 heterocycles. The van der Waals surface area contributed by atoms with E-state index in [1.54, 1.807) is 5.57 Å². The van der Waals surface area contributed by atoms with Crippen LogP contribution in [-0.2, 0) is 4.79 Å². The van der Waals surface area contributed by atoms with Crippen LogP contribution in [0.4, 0.5) is 0 Å². The summed E-state index contributed by atoms with van der Waals surface area (Å²) >= 11 is 0. The molecule has 0 saturated heterocycles. The van der Waals surface area contributed by atoms with Crippen LogP contribution >= 0.6 is 0 Å². The molecule has 0 aromatic heterocycles. The Morgan fingerprint density at radius 3 is 2.83 bits per heavy atom. The molecule has 0 bridgehead atoms. The normalized spacial score (nSPS) is 23.8. The van der Waals surface area contributed by atoms with Gasteiger partial charge in [-0.2, -0.15) is 0 Å². The van der Waals surface area contributed by atoms with Crippen molar-refractivity contribution in [3.8, 4) is 0 Å². The highest BCUT2D eigenvalue weighted by Crippen LogP contribution is 2.32. The fraction of sp³-hybridized carbons (Fsp3) is 0.727. The number of hydrogen-bond donors (Lipinski definition) is 0. The molecule has 0 radical (unpaired) electrons. The third-order valence-electron chi connectivity index (χ3n) is 2.76. The summed E-state index contributed by atoms with van der Waals surface area (Å²) in [5.41, 5.74) is 2.98. The van der Waals surface area contributed by atoms with Gasteiger partial charge in [-0.15, -0.1) is 0 Å². The molecular weight excluding hydrogens is 148 g/mol. The van der Waals surface area contributed by atoms with Gasteiger partial charge in [0.15, 0.2) is 0 Å². The van der Waals surface area contributed by atoms with Gasteiger partial charge in [0.25, 0.3) is 0 Å². The molecule has 12 heavy (non-hydrogen) atoms. The number of carbonyl (C=O) groups is 1. The number of hydrogen-bond acceptors (Lipinski definition) is 1. The average molecular weight is 166 g/mol. The smallest absolute Gasteiger partial charge is 0.120 e. The van der Waals surface area contributed by atoms with Crippen molar-refractivity contribution in [3.05, 3.63) is 11.1 Å². The lowest BCUT2D eigenvalue weighted by atomic mass is 9.80. The van der Waals surface area contributed by atoms with Crippen LogP contribution < -0.4 is 0 Å². The minimum Gasteiger partial charge on any atom is -0.303 e. The fourth-order valence-electron chi connectivity index (χ4n) is 2.12. The topological polar surface area (TPSA) is 17.1 Å². The van der Waals surface area contributed by atoms with Crippen LogP contribution in [-0.4, -0.2) is 6.29 Å². The highest BCUT2D eigenvalue weighted by Gasteiger charge is 2.18. The van der Waals surface area contributed by atoms with Gasteiger partial charge in [0.2, 0.25) is 0 Å². The van der Waals surface area contributed by atoms with Gasteiger partial charge >= 0.3 is 0 Å². The molecule has 1 aliphatic rings. The predicted octanol–water partition coefficient (Wildman–Crippen LogP) is 3.10. The van der Waals surface area contributed by atoms with Gasteiger partial charge in [0.1, 0.15) is 6.29 Å². The Hall–Kier alpha value is -0.590. The molecule has 1 rings (SSSR count). The van der Waals surface area contributed by atoms with E-state index in [-0.39, 0.29) is 0 Å². The van der Waals surface area contributed by atoms with Gasteiger partial charge in [0, 0.05) is 6.42 Å². The second-order valence-corrected chi connectivity index (χ2v) is 3.87. The van der Waals surface area contributed by atoms with E-state index in [0.29, 0.717) is 5.92 Å². The first kappa shape index (κ1) is 9.50. The van der Waals surface area contributed by atoms with E-state index in [2.05, 4.69) is 13.8 Å². The van der Waals surface area contributed by atoms with Gasteiger partial charge in [-0.1, -0.05) is 17.6 Å². The van der Waals surface area contributed by atoms with E-state index < -0.39 is 0 Å². The van der Waals surface area contributed by atoms with Gasteiger partial charge in [0.05, 0.1) is 0 Å². The van der Waals surface area contributed by atoms with Crippen molar-refractivity contribution in [3.63, 3.8) is 0 Å². The van der Waals surface area contributed by atoms with Gasteiger partial charge in [-0.25, -0.2) is 0 Å². The molecule has 1 fully saturated rings. The fourth-order valence-corrected chi connectivity index (χ4v) is 2.12. The van der Waals surface area contributed by atoms with Crippen molar-refractivity contribution >= 4 is 6.29 Å². The van der Waals surface area contributed by atoms with Crippen LogP contribution in [0.15, 0.2) is 11.1 Å². The van der Waals surface area contributed by atoms with Crippen molar-refractivity contribution in [1.82, 2.24) is 0 Å². The first-order chi connectivity index (χ1) is 5.75. The van der Waals surface area contributed by atoms with Crippen molar-refractivity contribution < 1.29 is 4.79 Å². The van der Waals surface area contributed by atoms with Crippen LogP contribution in [0, 0.1) is 5.92 Å². The zero-order valence-corrected chi connectivity index (χ0v) is 8.10. The molecule has 0 aromatic carbocycles. The molecule has 1 nitrogen and oxygen atoms in total. The molecule has 1 unspecified atom stereocenters. The summed E-state index contributed by atoms with van der Waals surface area (Å²) in [5.74, 6) is 0.571. The predicted molar refractivity (Wildman–Crippen MR) is 51.0 cm³/mol. The van der Waals surface area contributed by atoms with Gasteiger partial charge < -0.3 is 4.79 Å². The maximum Gasteiger partial charge on any atom is 0.120 e. The van der Waals surface area contributed by atoms with E-state index in [1.165, 1.54) is 31.3 Å².